The summed E-state index contributed by atoms with van der Waals surface area (Å²) in [7, 11) is 1.58. The molecule has 1 unspecified atom stereocenters. The number of aromatic amines is 1. The minimum atomic E-state index is -0.274. The predicted molar refractivity (Wildman–Crippen MR) is 64.2 cm³/mol. The number of thioether (sulfide) groups is 1. The normalized spacial score (nSPS) is 19.2. The van der Waals surface area contributed by atoms with Crippen LogP contribution in [0, 0.1) is 13.8 Å². The van der Waals surface area contributed by atoms with Crippen LogP contribution in [0.2, 0.25) is 0 Å². The second-order valence-corrected chi connectivity index (χ2v) is 4.64. The van der Waals surface area contributed by atoms with Crippen LogP contribution in [0.4, 0.5) is 0 Å². The Kier molecular flexibility index (Phi) is 2.96. The lowest BCUT2D eigenvalue weighted by molar-refractivity contribution is 0.0974. The molecule has 1 aromatic rings. The zero-order valence-corrected chi connectivity index (χ0v) is 10.3. The average molecular weight is 238 g/mol. The van der Waals surface area contributed by atoms with Crippen molar-refractivity contribution < 1.29 is 9.53 Å². The van der Waals surface area contributed by atoms with Gasteiger partial charge in [0.1, 0.15) is 5.37 Å². The monoisotopic (exact) mass is 238 g/mol. The Labute approximate surface area is 98.4 Å². The molecule has 1 atom stereocenters. The number of carbonyl (C=O) groups is 1. The van der Waals surface area contributed by atoms with E-state index in [0.29, 0.717) is 5.88 Å². The topological polar surface area (TPSA) is 54.1 Å². The maximum Gasteiger partial charge on any atom is 0.197 e. The van der Waals surface area contributed by atoms with Gasteiger partial charge in [-0.25, -0.2) is 0 Å². The number of methoxy groups -OCH3 is 1. The first-order valence-electron chi connectivity index (χ1n) is 4.98. The third-order valence-electron chi connectivity index (χ3n) is 2.71. The number of carbonyl (C=O) groups excluding carboxylic acids is 1. The number of Topliss-reactive ketones (excluding diaryl/α,β-unsaturated/α-hetero) is 1. The van der Waals surface area contributed by atoms with Crippen LogP contribution in [0.1, 0.15) is 21.6 Å². The molecule has 0 saturated heterocycles. The zero-order chi connectivity index (χ0) is 11.7. The highest BCUT2D eigenvalue weighted by molar-refractivity contribution is 8.03. The quantitative estimate of drug-likeness (QED) is 0.790. The molecule has 0 amide bonds. The maximum atomic E-state index is 12.2. The van der Waals surface area contributed by atoms with Gasteiger partial charge in [0.2, 0.25) is 0 Å². The molecule has 0 radical (unpaired) electrons. The molecule has 5 heteroatoms. The van der Waals surface area contributed by atoms with Gasteiger partial charge in [0.25, 0.3) is 0 Å². The van der Waals surface area contributed by atoms with Gasteiger partial charge < -0.3 is 15.0 Å². The molecule has 0 spiro atoms. The number of nitrogens with one attached hydrogen (secondary N) is 2. The van der Waals surface area contributed by atoms with Crippen LogP contribution in [-0.4, -0.2) is 23.3 Å². The maximum absolute atomic E-state index is 12.2. The Morgan fingerprint density at radius 1 is 1.50 bits per heavy atom. The molecule has 2 N–H and O–H groups in total. The van der Waals surface area contributed by atoms with E-state index in [-0.39, 0.29) is 11.2 Å². The molecule has 0 aromatic carbocycles. The third kappa shape index (κ3) is 1.82. The number of hydrogen-bond acceptors (Lipinski definition) is 4. The molecule has 0 bridgehead atoms. The van der Waals surface area contributed by atoms with Crippen molar-refractivity contribution >= 4 is 17.5 Å². The van der Waals surface area contributed by atoms with E-state index in [1.165, 1.54) is 11.8 Å². The fourth-order valence-corrected chi connectivity index (χ4v) is 2.42. The highest BCUT2D eigenvalue weighted by Gasteiger charge is 2.27. The van der Waals surface area contributed by atoms with Crippen LogP contribution in [0.25, 0.3) is 0 Å². The third-order valence-corrected chi connectivity index (χ3v) is 3.66. The molecule has 16 heavy (non-hydrogen) atoms. The molecule has 0 fully saturated rings. The fraction of sp³-hybridized carbons (Fsp3) is 0.364. The SMILES string of the molecule is COC1=CSC(C(=O)c2c[nH]c(C)c2C)N1. The summed E-state index contributed by atoms with van der Waals surface area (Å²) in [5.74, 6) is 0.725. The predicted octanol–water partition coefficient (Wildman–Crippen LogP) is 1.92. The van der Waals surface area contributed by atoms with E-state index in [0.717, 1.165) is 16.8 Å². The Bertz CT molecular complexity index is 451. The Balaban J connectivity index is 2.13. The summed E-state index contributed by atoms with van der Waals surface area (Å²) in [4.78, 5) is 15.2. The Morgan fingerprint density at radius 2 is 2.25 bits per heavy atom. The first-order chi connectivity index (χ1) is 7.63. The lowest BCUT2D eigenvalue weighted by Crippen LogP contribution is -2.30. The van der Waals surface area contributed by atoms with Crippen molar-refractivity contribution in [3.63, 3.8) is 0 Å². The number of aromatic nitrogens is 1. The lowest BCUT2D eigenvalue weighted by Gasteiger charge is -2.10. The van der Waals surface area contributed by atoms with E-state index in [2.05, 4.69) is 10.3 Å². The zero-order valence-electron chi connectivity index (χ0n) is 9.46. The number of ether oxygens (including phenoxy) is 1. The molecule has 2 rings (SSSR count). The van der Waals surface area contributed by atoms with Crippen LogP contribution < -0.4 is 5.32 Å². The van der Waals surface area contributed by atoms with Gasteiger partial charge in [-0.3, -0.25) is 4.79 Å². The van der Waals surface area contributed by atoms with Crippen LogP contribution in [0.5, 0.6) is 0 Å². The van der Waals surface area contributed by atoms with Crippen molar-refractivity contribution in [3.05, 3.63) is 34.3 Å². The molecule has 1 aliphatic heterocycles. The van der Waals surface area contributed by atoms with Crippen LogP contribution >= 0.6 is 11.8 Å². The van der Waals surface area contributed by atoms with Gasteiger partial charge in [-0.1, -0.05) is 11.8 Å². The first kappa shape index (κ1) is 11.1. The van der Waals surface area contributed by atoms with E-state index in [9.17, 15) is 4.79 Å². The van der Waals surface area contributed by atoms with Gasteiger partial charge in [0, 0.05) is 22.9 Å². The largest absolute Gasteiger partial charge is 0.482 e. The van der Waals surface area contributed by atoms with Crippen molar-refractivity contribution in [1.29, 1.82) is 0 Å². The molecular weight excluding hydrogens is 224 g/mol. The Morgan fingerprint density at radius 3 is 2.75 bits per heavy atom. The molecule has 1 aliphatic rings. The van der Waals surface area contributed by atoms with E-state index in [4.69, 9.17) is 4.74 Å². The van der Waals surface area contributed by atoms with Gasteiger partial charge in [-0.2, -0.15) is 0 Å². The highest BCUT2D eigenvalue weighted by Crippen LogP contribution is 2.25. The van der Waals surface area contributed by atoms with Gasteiger partial charge in [-0.15, -0.1) is 0 Å². The molecular formula is C11H14N2O2S. The summed E-state index contributed by atoms with van der Waals surface area (Å²) >= 11 is 1.43. The van der Waals surface area contributed by atoms with E-state index in [1.54, 1.807) is 13.3 Å². The molecule has 4 nitrogen and oxygen atoms in total. The van der Waals surface area contributed by atoms with Gasteiger partial charge in [0.15, 0.2) is 11.7 Å². The van der Waals surface area contributed by atoms with Gasteiger partial charge >= 0.3 is 0 Å². The van der Waals surface area contributed by atoms with Crippen LogP contribution in [-0.2, 0) is 4.74 Å². The number of ketones is 1. The van der Waals surface area contributed by atoms with Crippen molar-refractivity contribution in [3.8, 4) is 0 Å². The smallest absolute Gasteiger partial charge is 0.197 e. The standard InChI is InChI=1S/C11H14N2O2S/c1-6-7(2)12-4-8(6)10(14)11-13-9(15-3)5-16-11/h4-5,11-13H,1-3H3. The minimum absolute atomic E-state index is 0.0788. The van der Waals surface area contributed by atoms with Gasteiger partial charge in [0.05, 0.1) is 7.11 Å². The molecule has 1 aromatic heterocycles. The lowest BCUT2D eigenvalue weighted by atomic mass is 10.1. The Hall–Kier alpha value is -1.36. The summed E-state index contributed by atoms with van der Waals surface area (Å²) in [5, 5.41) is 4.56. The van der Waals surface area contributed by atoms with Crippen molar-refractivity contribution in [2.45, 2.75) is 19.2 Å². The first-order valence-corrected chi connectivity index (χ1v) is 5.92. The second-order valence-electron chi connectivity index (χ2n) is 3.66. The minimum Gasteiger partial charge on any atom is -0.482 e. The van der Waals surface area contributed by atoms with Crippen LogP contribution in [0.3, 0.4) is 0 Å². The van der Waals surface area contributed by atoms with Gasteiger partial charge in [-0.05, 0) is 19.4 Å². The van der Waals surface area contributed by atoms with E-state index in [1.807, 2.05) is 19.3 Å². The summed E-state index contributed by atoms with van der Waals surface area (Å²) in [6, 6.07) is 0. The van der Waals surface area contributed by atoms with Crippen molar-refractivity contribution in [2.75, 3.05) is 7.11 Å². The van der Waals surface area contributed by atoms with E-state index >= 15 is 0 Å². The number of hydrogen-bond donors (Lipinski definition) is 2. The average Bonchev–Trinajstić information content (AvgIpc) is 2.87. The van der Waals surface area contributed by atoms with Crippen LogP contribution in [0.15, 0.2) is 17.5 Å². The molecule has 2 heterocycles. The molecule has 0 saturated carbocycles. The molecule has 0 aliphatic carbocycles. The number of aryl methyl sites for hydroxylation is 1. The summed E-state index contributed by atoms with van der Waals surface area (Å²) in [6.07, 6.45) is 1.76. The second kappa shape index (κ2) is 4.25. The summed E-state index contributed by atoms with van der Waals surface area (Å²) in [6.45, 7) is 3.91. The van der Waals surface area contributed by atoms with E-state index < -0.39 is 0 Å². The highest BCUT2D eigenvalue weighted by atomic mass is 32.2. The number of H-pyrrole nitrogens is 1. The van der Waals surface area contributed by atoms with Crippen molar-refractivity contribution in [1.82, 2.24) is 10.3 Å². The number of rotatable bonds is 3. The summed E-state index contributed by atoms with van der Waals surface area (Å²) < 4.78 is 5.03. The molecule has 86 valence electrons. The summed E-state index contributed by atoms with van der Waals surface area (Å²) in [5.41, 5.74) is 2.79. The van der Waals surface area contributed by atoms with Crippen molar-refractivity contribution in [2.24, 2.45) is 0 Å². The fourth-order valence-electron chi connectivity index (χ4n) is 1.56.